The number of benzene rings is 1. The molecule has 0 aliphatic heterocycles. The van der Waals surface area contributed by atoms with Crippen molar-refractivity contribution >= 4 is 33.6 Å². The number of anilines is 1. The zero-order valence-corrected chi connectivity index (χ0v) is 11.6. The lowest BCUT2D eigenvalue weighted by atomic mass is 10.3. The third-order valence-corrected chi connectivity index (χ3v) is 2.59. The molecule has 0 saturated heterocycles. The van der Waals surface area contributed by atoms with E-state index in [2.05, 4.69) is 21.9 Å². The van der Waals surface area contributed by atoms with Crippen LogP contribution in [-0.4, -0.2) is 35.1 Å². The van der Waals surface area contributed by atoms with Crippen LogP contribution >= 0.6 is 15.9 Å². The smallest absolute Gasteiger partial charge is 0.323 e. The average molecular weight is 347 g/mol. The van der Waals surface area contributed by atoms with Crippen LogP contribution in [0.3, 0.4) is 0 Å². The van der Waals surface area contributed by atoms with Crippen LogP contribution in [0.25, 0.3) is 0 Å². The second-order valence-electron chi connectivity index (χ2n) is 3.63. The number of halogens is 3. The maximum atomic E-state index is 13.5. The molecular formula is C12H9BrF2N2O3. The third-order valence-electron chi connectivity index (χ3n) is 2.13. The molecule has 20 heavy (non-hydrogen) atoms. The maximum Gasteiger partial charge on any atom is 0.323 e. The Kier molecular flexibility index (Phi) is 5.46. The summed E-state index contributed by atoms with van der Waals surface area (Å²) in [4.78, 5) is 23.0. The molecule has 0 spiro atoms. The van der Waals surface area contributed by atoms with Crippen molar-refractivity contribution in [3.8, 4) is 12.3 Å². The van der Waals surface area contributed by atoms with E-state index in [0.717, 1.165) is 17.0 Å². The number of urea groups is 1. The molecule has 5 nitrogen and oxygen atoms in total. The molecule has 1 aromatic rings. The lowest BCUT2D eigenvalue weighted by Gasteiger charge is -2.19. The molecule has 2 amide bonds. The van der Waals surface area contributed by atoms with Gasteiger partial charge < -0.3 is 15.3 Å². The molecule has 0 aliphatic rings. The Morgan fingerprint density at radius 3 is 2.40 bits per heavy atom. The SMILES string of the molecule is C#CCN(CC(=O)O)C(=O)Nc1c(F)cc(Br)cc1F. The minimum Gasteiger partial charge on any atom is -0.480 e. The molecule has 8 heteroatoms. The van der Waals surface area contributed by atoms with Crippen LogP contribution in [-0.2, 0) is 4.79 Å². The highest BCUT2D eigenvalue weighted by atomic mass is 79.9. The number of hydrogen-bond acceptors (Lipinski definition) is 2. The fourth-order valence-corrected chi connectivity index (χ4v) is 1.72. The van der Waals surface area contributed by atoms with E-state index in [1.165, 1.54) is 0 Å². The first kappa shape index (κ1) is 15.9. The van der Waals surface area contributed by atoms with Gasteiger partial charge in [0.05, 0.1) is 6.54 Å². The van der Waals surface area contributed by atoms with Crippen molar-refractivity contribution < 1.29 is 23.5 Å². The molecule has 0 heterocycles. The largest absolute Gasteiger partial charge is 0.480 e. The van der Waals surface area contributed by atoms with E-state index < -0.39 is 35.9 Å². The van der Waals surface area contributed by atoms with Crippen LogP contribution in [0.2, 0.25) is 0 Å². The Labute approximate surface area is 121 Å². The summed E-state index contributed by atoms with van der Waals surface area (Å²) in [7, 11) is 0. The fourth-order valence-electron chi connectivity index (χ4n) is 1.32. The number of amides is 2. The highest BCUT2D eigenvalue weighted by Gasteiger charge is 2.19. The Balaban J connectivity index is 2.94. The monoisotopic (exact) mass is 346 g/mol. The molecule has 0 bridgehead atoms. The van der Waals surface area contributed by atoms with Crippen molar-refractivity contribution in [2.24, 2.45) is 0 Å². The first-order valence-electron chi connectivity index (χ1n) is 5.21. The molecule has 0 saturated carbocycles. The number of carboxylic acid groups (broad SMARTS) is 1. The summed E-state index contributed by atoms with van der Waals surface area (Å²) in [5.74, 6) is -1.21. The number of carbonyl (C=O) groups is 2. The van der Waals surface area contributed by atoms with Crippen molar-refractivity contribution in [1.82, 2.24) is 4.90 Å². The minimum absolute atomic E-state index is 0.163. The second kappa shape index (κ2) is 6.86. The standard InChI is InChI=1S/C12H9BrF2N2O3/c1-2-3-17(6-10(18)19)12(20)16-11-8(14)4-7(13)5-9(11)15/h1,4-5H,3,6H2,(H,16,20)(H,18,19). The third kappa shape index (κ3) is 4.20. The highest BCUT2D eigenvalue weighted by Crippen LogP contribution is 2.24. The number of carbonyl (C=O) groups excluding carboxylic acids is 1. The Bertz CT molecular complexity index is 564. The van der Waals surface area contributed by atoms with Gasteiger partial charge in [0.2, 0.25) is 0 Å². The van der Waals surface area contributed by atoms with E-state index >= 15 is 0 Å². The van der Waals surface area contributed by atoms with E-state index in [0.29, 0.717) is 0 Å². The Morgan fingerprint density at radius 1 is 1.40 bits per heavy atom. The quantitative estimate of drug-likeness (QED) is 0.821. The zero-order chi connectivity index (χ0) is 15.3. The summed E-state index contributed by atoms with van der Waals surface area (Å²) in [5, 5.41) is 10.6. The fraction of sp³-hybridized carbons (Fsp3) is 0.167. The van der Waals surface area contributed by atoms with Gasteiger partial charge in [-0.05, 0) is 12.1 Å². The van der Waals surface area contributed by atoms with Gasteiger partial charge in [-0.2, -0.15) is 0 Å². The summed E-state index contributed by atoms with van der Waals surface area (Å²) >= 11 is 2.89. The van der Waals surface area contributed by atoms with Crippen molar-refractivity contribution in [3.05, 3.63) is 28.2 Å². The number of terminal acetylenes is 1. The first-order valence-corrected chi connectivity index (χ1v) is 6.00. The number of hydrogen-bond donors (Lipinski definition) is 2. The molecule has 0 radical (unpaired) electrons. The van der Waals surface area contributed by atoms with Crippen LogP contribution in [0.15, 0.2) is 16.6 Å². The number of aliphatic carboxylic acids is 1. The van der Waals surface area contributed by atoms with Crippen LogP contribution in [0.5, 0.6) is 0 Å². The molecular weight excluding hydrogens is 338 g/mol. The zero-order valence-electron chi connectivity index (χ0n) is 9.99. The predicted octanol–water partition coefficient (Wildman–Crippen LogP) is 2.28. The minimum atomic E-state index is -1.30. The molecule has 1 aromatic carbocycles. The van der Waals surface area contributed by atoms with Gasteiger partial charge in [-0.3, -0.25) is 4.79 Å². The Morgan fingerprint density at radius 2 is 1.95 bits per heavy atom. The van der Waals surface area contributed by atoms with E-state index in [4.69, 9.17) is 11.5 Å². The summed E-state index contributed by atoms with van der Waals surface area (Å²) in [6.07, 6.45) is 5.00. The molecule has 0 atom stereocenters. The van der Waals surface area contributed by atoms with Crippen molar-refractivity contribution in [3.63, 3.8) is 0 Å². The second-order valence-corrected chi connectivity index (χ2v) is 4.54. The lowest BCUT2D eigenvalue weighted by Crippen LogP contribution is -2.39. The van der Waals surface area contributed by atoms with Crippen molar-refractivity contribution in [2.75, 3.05) is 18.4 Å². The van der Waals surface area contributed by atoms with Crippen LogP contribution in [0.4, 0.5) is 19.3 Å². The lowest BCUT2D eigenvalue weighted by molar-refractivity contribution is -0.137. The summed E-state index contributed by atoms with van der Waals surface area (Å²) in [5.41, 5.74) is -0.675. The molecule has 0 fully saturated rings. The van der Waals surface area contributed by atoms with Gasteiger partial charge >= 0.3 is 12.0 Å². The summed E-state index contributed by atoms with van der Waals surface area (Å²) < 4.78 is 27.2. The summed E-state index contributed by atoms with van der Waals surface area (Å²) in [6, 6.07) is 0.911. The van der Waals surface area contributed by atoms with Crippen LogP contribution in [0.1, 0.15) is 0 Å². The molecule has 106 valence electrons. The van der Waals surface area contributed by atoms with Crippen molar-refractivity contribution in [1.29, 1.82) is 0 Å². The van der Waals surface area contributed by atoms with Gasteiger partial charge in [-0.15, -0.1) is 6.42 Å². The maximum absolute atomic E-state index is 13.5. The number of rotatable bonds is 4. The topological polar surface area (TPSA) is 69.6 Å². The molecule has 1 rings (SSSR count). The number of nitrogens with one attached hydrogen (secondary N) is 1. The van der Waals surface area contributed by atoms with Gasteiger partial charge in [-0.1, -0.05) is 21.9 Å². The molecule has 0 unspecified atom stereocenters. The molecule has 0 aromatic heterocycles. The van der Waals surface area contributed by atoms with Crippen LogP contribution < -0.4 is 5.32 Å². The van der Waals surface area contributed by atoms with Crippen molar-refractivity contribution in [2.45, 2.75) is 0 Å². The van der Waals surface area contributed by atoms with Gasteiger partial charge in [0.1, 0.15) is 12.2 Å². The average Bonchev–Trinajstić information content (AvgIpc) is 2.32. The first-order chi connectivity index (χ1) is 9.35. The van der Waals surface area contributed by atoms with E-state index in [-0.39, 0.29) is 11.0 Å². The Hall–Kier alpha value is -2.14. The number of carboxylic acids is 1. The number of nitrogens with zero attached hydrogens (tertiary/aromatic N) is 1. The highest BCUT2D eigenvalue weighted by molar-refractivity contribution is 9.10. The van der Waals surface area contributed by atoms with E-state index in [1.807, 2.05) is 5.32 Å². The summed E-state index contributed by atoms with van der Waals surface area (Å²) in [6.45, 7) is -0.992. The van der Waals surface area contributed by atoms with E-state index in [1.54, 1.807) is 0 Å². The van der Waals surface area contributed by atoms with Gasteiger partial charge in [0, 0.05) is 4.47 Å². The van der Waals surface area contributed by atoms with Crippen LogP contribution in [0, 0.1) is 24.0 Å². The van der Waals surface area contributed by atoms with E-state index in [9.17, 15) is 18.4 Å². The van der Waals surface area contributed by atoms with Gasteiger partial charge in [0.15, 0.2) is 11.6 Å². The normalized spacial score (nSPS) is 9.70. The molecule has 2 N–H and O–H groups in total. The predicted molar refractivity (Wildman–Crippen MR) is 71.1 cm³/mol. The van der Waals surface area contributed by atoms with Gasteiger partial charge in [-0.25, -0.2) is 13.6 Å². The van der Waals surface area contributed by atoms with Gasteiger partial charge in [0.25, 0.3) is 0 Å². The molecule has 0 aliphatic carbocycles.